The second kappa shape index (κ2) is 7.62. The predicted molar refractivity (Wildman–Crippen MR) is 111 cm³/mol. The fraction of sp³-hybridized carbons (Fsp3) is 0.200. The number of hydrogen-bond acceptors (Lipinski definition) is 6. The fourth-order valence-corrected chi connectivity index (χ4v) is 4.75. The van der Waals surface area contributed by atoms with Gasteiger partial charge in [0.25, 0.3) is 0 Å². The summed E-state index contributed by atoms with van der Waals surface area (Å²) < 4.78 is 1.14. The standard InChI is InChI=1S/C20H18N4OS2/c1-13(19-23-16-9-5-6-10-17(16)27-19)24(2)18(25)11-26-20-14-7-3-4-8-15(14)21-12-22-20/h3-10,12-13H,11H2,1-2H3/t13-/m1/s1. The molecule has 0 aliphatic rings. The molecule has 0 saturated heterocycles. The maximum Gasteiger partial charge on any atom is 0.233 e. The molecule has 4 rings (SSSR count). The monoisotopic (exact) mass is 394 g/mol. The molecule has 1 atom stereocenters. The Balaban J connectivity index is 1.47. The van der Waals surface area contributed by atoms with Crippen molar-refractivity contribution in [2.45, 2.75) is 18.0 Å². The Bertz CT molecular complexity index is 1070. The zero-order valence-corrected chi connectivity index (χ0v) is 16.6. The average molecular weight is 395 g/mol. The topological polar surface area (TPSA) is 59.0 Å². The van der Waals surface area contributed by atoms with Crippen LogP contribution in [-0.2, 0) is 4.79 Å². The zero-order valence-electron chi connectivity index (χ0n) is 15.0. The first kappa shape index (κ1) is 17.9. The molecule has 0 spiro atoms. The van der Waals surface area contributed by atoms with E-state index in [1.54, 1.807) is 22.6 Å². The second-order valence-electron chi connectivity index (χ2n) is 6.19. The summed E-state index contributed by atoms with van der Waals surface area (Å²) in [5.41, 5.74) is 1.87. The normalized spacial score (nSPS) is 12.4. The van der Waals surface area contributed by atoms with Crippen molar-refractivity contribution in [3.05, 3.63) is 59.9 Å². The molecule has 4 aromatic rings. The minimum atomic E-state index is -0.0716. The summed E-state index contributed by atoms with van der Waals surface area (Å²) in [5.74, 6) is 0.377. The minimum absolute atomic E-state index is 0.0504. The van der Waals surface area contributed by atoms with Gasteiger partial charge in [-0.05, 0) is 25.1 Å². The van der Waals surface area contributed by atoms with Crippen LogP contribution in [0.2, 0.25) is 0 Å². The van der Waals surface area contributed by atoms with E-state index in [-0.39, 0.29) is 11.9 Å². The van der Waals surface area contributed by atoms with Crippen molar-refractivity contribution in [1.82, 2.24) is 19.9 Å². The SMILES string of the molecule is C[C@H](c1nc2ccccc2s1)N(C)C(=O)CSc1ncnc2ccccc12. The molecule has 0 unspecified atom stereocenters. The third kappa shape index (κ3) is 3.65. The Hall–Kier alpha value is -2.51. The highest BCUT2D eigenvalue weighted by Crippen LogP contribution is 2.30. The molecule has 27 heavy (non-hydrogen) atoms. The number of hydrogen-bond donors (Lipinski definition) is 0. The number of benzene rings is 2. The van der Waals surface area contributed by atoms with Crippen LogP contribution in [0.4, 0.5) is 0 Å². The highest BCUT2D eigenvalue weighted by Gasteiger charge is 2.21. The van der Waals surface area contributed by atoms with E-state index < -0.39 is 0 Å². The van der Waals surface area contributed by atoms with Gasteiger partial charge in [-0.25, -0.2) is 15.0 Å². The Morgan fingerprint density at radius 1 is 1.11 bits per heavy atom. The maximum absolute atomic E-state index is 12.7. The van der Waals surface area contributed by atoms with E-state index in [1.165, 1.54) is 11.8 Å². The number of carbonyl (C=O) groups excluding carboxylic acids is 1. The number of fused-ring (bicyclic) bond motifs is 2. The molecule has 0 fully saturated rings. The highest BCUT2D eigenvalue weighted by molar-refractivity contribution is 8.00. The molecule has 2 heterocycles. The number of carbonyl (C=O) groups is 1. The molecule has 0 radical (unpaired) electrons. The van der Waals surface area contributed by atoms with Crippen molar-refractivity contribution in [3.8, 4) is 0 Å². The lowest BCUT2D eigenvalue weighted by Gasteiger charge is -2.23. The predicted octanol–water partition coefficient (Wildman–Crippen LogP) is 4.55. The number of thioether (sulfide) groups is 1. The number of thiazole rings is 1. The lowest BCUT2D eigenvalue weighted by molar-refractivity contribution is -0.128. The Morgan fingerprint density at radius 2 is 1.85 bits per heavy atom. The van der Waals surface area contributed by atoms with Crippen LogP contribution in [0.25, 0.3) is 21.1 Å². The third-order valence-corrected chi connectivity index (χ3v) is 6.68. The summed E-state index contributed by atoms with van der Waals surface area (Å²) in [4.78, 5) is 27.8. The van der Waals surface area contributed by atoms with Crippen molar-refractivity contribution in [2.24, 2.45) is 0 Å². The molecular formula is C20H18N4OS2. The maximum atomic E-state index is 12.7. The summed E-state index contributed by atoms with van der Waals surface area (Å²) in [5, 5.41) is 2.75. The molecule has 0 N–H and O–H groups in total. The van der Waals surface area contributed by atoms with E-state index in [0.29, 0.717) is 5.75 Å². The van der Waals surface area contributed by atoms with Crippen LogP contribution in [0.3, 0.4) is 0 Å². The molecule has 136 valence electrons. The van der Waals surface area contributed by atoms with E-state index >= 15 is 0 Å². The third-order valence-electron chi connectivity index (χ3n) is 4.48. The van der Waals surface area contributed by atoms with E-state index in [9.17, 15) is 4.79 Å². The first-order valence-corrected chi connectivity index (χ1v) is 10.4. The van der Waals surface area contributed by atoms with Crippen LogP contribution in [0.15, 0.2) is 59.9 Å². The molecule has 0 aliphatic carbocycles. The van der Waals surface area contributed by atoms with Gasteiger partial charge in [0.1, 0.15) is 16.4 Å². The first-order chi connectivity index (χ1) is 13.1. The van der Waals surface area contributed by atoms with Gasteiger partial charge in [-0.2, -0.15) is 0 Å². The Kier molecular flexibility index (Phi) is 5.05. The van der Waals surface area contributed by atoms with Gasteiger partial charge in [-0.3, -0.25) is 4.79 Å². The van der Waals surface area contributed by atoms with Gasteiger partial charge >= 0.3 is 0 Å². The largest absolute Gasteiger partial charge is 0.336 e. The molecular weight excluding hydrogens is 376 g/mol. The van der Waals surface area contributed by atoms with Crippen molar-refractivity contribution >= 4 is 50.1 Å². The van der Waals surface area contributed by atoms with Crippen LogP contribution >= 0.6 is 23.1 Å². The van der Waals surface area contributed by atoms with Crippen molar-refractivity contribution in [2.75, 3.05) is 12.8 Å². The van der Waals surface area contributed by atoms with Crippen LogP contribution < -0.4 is 0 Å². The van der Waals surface area contributed by atoms with E-state index in [2.05, 4.69) is 21.0 Å². The number of nitrogens with zero attached hydrogens (tertiary/aromatic N) is 4. The molecule has 0 saturated carbocycles. The quantitative estimate of drug-likeness (QED) is 0.367. The Morgan fingerprint density at radius 3 is 2.67 bits per heavy atom. The van der Waals surface area contributed by atoms with Gasteiger partial charge < -0.3 is 4.90 Å². The van der Waals surface area contributed by atoms with E-state index in [4.69, 9.17) is 0 Å². The molecule has 2 aromatic heterocycles. The Labute approximate surface area is 165 Å². The van der Waals surface area contributed by atoms with Crippen molar-refractivity contribution in [3.63, 3.8) is 0 Å². The zero-order chi connectivity index (χ0) is 18.8. The first-order valence-electron chi connectivity index (χ1n) is 8.57. The number of aromatic nitrogens is 3. The molecule has 5 nitrogen and oxygen atoms in total. The van der Waals surface area contributed by atoms with Gasteiger partial charge in [0, 0.05) is 12.4 Å². The number of rotatable bonds is 5. The minimum Gasteiger partial charge on any atom is -0.336 e. The lowest BCUT2D eigenvalue weighted by atomic mass is 10.2. The van der Waals surface area contributed by atoms with Gasteiger partial charge in [0.2, 0.25) is 5.91 Å². The van der Waals surface area contributed by atoms with Crippen LogP contribution in [0.1, 0.15) is 18.0 Å². The van der Waals surface area contributed by atoms with Gasteiger partial charge in [-0.1, -0.05) is 42.1 Å². The van der Waals surface area contributed by atoms with Gasteiger partial charge in [0.05, 0.1) is 27.5 Å². The number of amides is 1. The summed E-state index contributed by atoms with van der Waals surface area (Å²) in [6.07, 6.45) is 1.54. The van der Waals surface area contributed by atoms with Gasteiger partial charge in [0.15, 0.2) is 0 Å². The molecule has 0 aliphatic heterocycles. The lowest BCUT2D eigenvalue weighted by Crippen LogP contribution is -2.31. The van der Waals surface area contributed by atoms with E-state index in [0.717, 1.165) is 31.2 Å². The highest BCUT2D eigenvalue weighted by atomic mass is 32.2. The van der Waals surface area contributed by atoms with Crippen LogP contribution in [-0.4, -0.2) is 38.6 Å². The summed E-state index contributed by atoms with van der Waals surface area (Å²) >= 11 is 3.08. The van der Waals surface area contributed by atoms with E-state index in [1.807, 2.05) is 56.4 Å². The molecule has 1 amide bonds. The average Bonchev–Trinajstić information content (AvgIpc) is 3.15. The molecule has 7 heteroatoms. The van der Waals surface area contributed by atoms with Gasteiger partial charge in [-0.15, -0.1) is 11.3 Å². The fourth-order valence-electron chi connectivity index (χ4n) is 2.78. The van der Waals surface area contributed by atoms with Crippen molar-refractivity contribution < 1.29 is 4.79 Å². The summed E-state index contributed by atoms with van der Waals surface area (Å²) in [7, 11) is 1.83. The smallest absolute Gasteiger partial charge is 0.233 e. The summed E-state index contributed by atoms with van der Waals surface area (Å²) in [6.45, 7) is 2.01. The molecule has 2 aromatic carbocycles. The molecule has 0 bridgehead atoms. The van der Waals surface area contributed by atoms with Crippen LogP contribution in [0, 0.1) is 0 Å². The second-order valence-corrected chi connectivity index (χ2v) is 8.21. The van der Waals surface area contributed by atoms with Crippen molar-refractivity contribution in [1.29, 1.82) is 0 Å². The van der Waals surface area contributed by atoms with Crippen LogP contribution in [0.5, 0.6) is 0 Å². The number of para-hydroxylation sites is 2. The summed E-state index contributed by atoms with van der Waals surface area (Å²) in [6, 6.07) is 15.8.